The Hall–Kier alpha value is -6.70. The first kappa shape index (κ1) is 60.9. The monoisotopic (exact) mass is 1080 g/mol. The molecule has 0 saturated heterocycles. The van der Waals surface area contributed by atoms with E-state index >= 15 is 0 Å². The SMILES string of the molecule is C[C@@H](O)[C@H](NC(=O)[C@@H](NC(=O)[C@@H](NC(=O)[C@H](CCCCN)NC(=O)[C@@H](Cc1c[nH]c2ccccc12)NC(=O)[C@H](Cc1ccc(O)cc1)NC(=O)[C@H](CS)NC(=O)[C@H](N)Cc1ccccc1)[C@@H](C)O)C(C)(C)S)C(N)=O. The summed E-state index contributed by atoms with van der Waals surface area (Å²) in [6, 6.07) is 10.7. The van der Waals surface area contributed by atoms with E-state index in [0.29, 0.717) is 29.4 Å². The molecule has 75 heavy (non-hydrogen) atoms. The maximum absolute atomic E-state index is 14.7. The molecule has 0 spiro atoms. The van der Waals surface area contributed by atoms with Crippen LogP contribution in [0.25, 0.3) is 10.9 Å². The molecule has 22 nitrogen and oxygen atoms in total. The lowest BCUT2D eigenvalue weighted by Crippen LogP contribution is -2.64. The van der Waals surface area contributed by atoms with Crippen LogP contribution in [0.5, 0.6) is 5.75 Å². The van der Waals surface area contributed by atoms with Gasteiger partial charge in [0.1, 0.15) is 48.0 Å². The highest BCUT2D eigenvalue weighted by molar-refractivity contribution is 7.81. The Morgan fingerprint density at radius 2 is 1.13 bits per heavy atom. The van der Waals surface area contributed by atoms with Gasteiger partial charge in [-0.1, -0.05) is 60.7 Å². The van der Waals surface area contributed by atoms with Gasteiger partial charge in [0.2, 0.25) is 47.3 Å². The van der Waals surface area contributed by atoms with Gasteiger partial charge in [-0.15, -0.1) is 0 Å². The van der Waals surface area contributed by atoms with Crippen molar-refractivity contribution in [2.24, 2.45) is 17.2 Å². The molecule has 8 amide bonds. The Bertz CT molecular complexity index is 2580. The van der Waals surface area contributed by atoms with Crippen molar-refractivity contribution in [2.75, 3.05) is 12.3 Å². The number of carbonyl (C=O) groups excluding carboxylic acids is 8. The summed E-state index contributed by atoms with van der Waals surface area (Å²) < 4.78 is -1.33. The second-order valence-electron chi connectivity index (χ2n) is 18.9. The van der Waals surface area contributed by atoms with Crippen LogP contribution in [-0.4, -0.2) is 145 Å². The average Bonchev–Trinajstić information content (AvgIpc) is 3.77. The quantitative estimate of drug-likeness (QED) is 0.0221. The van der Waals surface area contributed by atoms with Crippen LogP contribution in [-0.2, 0) is 57.6 Å². The molecule has 1 heterocycles. The van der Waals surface area contributed by atoms with Crippen molar-refractivity contribution in [3.8, 4) is 5.75 Å². The molecule has 0 saturated carbocycles. The number of nitrogens with two attached hydrogens (primary N) is 3. The van der Waals surface area contributed by atoms with Gasteiger partial charge in [0.25, 0.3) is 0 Å². The molecule has 0 aliphatic rings. The van der Waals surface area contributed by atoms with Crippen LogP contribution in [0.3, 0.4) is 0 Å². The number of fused-ring (bicyclic) bond motifs is 1. The zero-order valence-corrected chi connectivity index (χ0v) is 44.0. The van der Waals surface area contributed by atoms with Crippen LogP contribution < -0.4 is 54.4 Å². The number of hydrogen-bond donors (Lipinski definition) is 16. The molecule has 10 atom stereocenters. The Morgan fingerprint density at radius 3 is 1.71 bits per heavy atom. The van der Waals surface area contributed by atoms with Crippen molar-refractivity contribution in [1.82, 2.24) is 42.2 Å². The molecular formula is C51H71N11O11S2. The van der Waals surface area contributed by atoms with Gasteiger partial charge in [0, 0.05) is 40.4 Å². The number of aliphatic hydroxyl groups is 2. The molecule has 24 heteroatoms. The molecule has 0 aliphatic carbocycles. The molecule has 4 rings (SSSR count). The van der Waals surface area contributed by atoms with E-state index in [-0.39, 0.29) is 43.7 Å². The van der Waals surface area contributed by atoms with E-state index in [2.05, 4.69) is 67.5 Å². The Morgan fingerprint density at radius 1 is 0.613 bits per heavy atom. The lowest BCUT2D eigenvalue weighted by molar-refractivity contribution is -0.137. The number of carbonyl (C=O) groups is 8. The lowest BCUT2D eigenvalue weighted by Gasteiger charge is -2.33. The minimum Gasteiger partial charge on any atom is -0.508 e. The number of aliphatic hydroxyl groups excluding tert-OH is 2. The van der Waals surface area contributed by atoms with E-state index < -0.39 is 113 Å². The fourth-order valence-electron chi connectivity index (χ4n) is 7.94. The maximum atomic E-state index is 14.7. The number of aromatic nitrogens is 1. The number of phenolic OH excluding ortho intramolecular Hbond substituents is 1. The predicted molar refractivity (Wildman–Crippen MR) is 288 cm³/mol. The first-order valence-electron chi connectivity index (χ1n) is 24.4. The molecule has 17 N–H and O–H groups in total. The second-order valence-corrected chi connectivity index (χ2v) is 20.4. The molecule has 0 aliphatic heterocycles. The molecule has 3 aromatic carbocycles. The molecule has 0 unspecified atom stereocenters. The number of aromatic amines is 1. The molecule has 0 bridgehead atoms. The Balaban J connectivity index is 1.65. The number of primary amides is 1. The van der Waals surface area contributed by atoms with Gasteiger partial charge in [0.15, 0.2) is 0 Å². The number of unbranched alkanes of at least 4 members (excludes halogenated alkanes) is 1. The van der Waals surface area contributed by atoms with E-state index in [4.69, 9.17) is 17.2 Å². The van der Waals surface area contributed by atoms with E-state index in [1.807, 2.05) is 12.1 Å². The zero-order chi connectivity index (χ0) is 55.6. The zero-order valence-electron chi connectivity index (χ0n) is 42.2. The standard InChI is InChI=1S/C51H71N11O11S2/c1-27(63)40(43(54)66)60-50(73)42(51(3,4)75)62-49(72)41(28(2)64)61-45(68)36(16-10-11-21-52)56-47(70)38(24-31-25-55-35-15-9-8-14-33(31)35)58-46(69)37(23-30-17-19-32(65)20-18-30)57-48(71)39(26-74)59-44(67)34(53)22-29-12-6-5-7-13-29/h5-9,12-15,17-20,25,27-28,34,36-42,55,63-65,74-75H,10-11,16,21-24,26,52-53H2,1-4H3,(H2,54,66)(H,56,70)(H,57,71)(H,58,69)(H,59,67)(H,60,73)(H,61,68)(H,62,72)/t27-,28-,34-,36+,37+,38-,39+,40+,41+,42-/m1/s1. The largest absolute Gasteiger partial charge is 0.508 e. The average molecular weight is 1080 g/mol. The summed E-state index contributed by atoms with van der Waals surface area (Å²) in [7, 11) is 0. The number of benzene rings is 3. The van der Waals surface area contributed by atoms with Crippen molar-refractivity contribution in [2.45, 2.75) is 132 Å². The van der Waals surface area contributed by atoms with Crippen LogP contribution in [0.1, 0.15) is 63.6 Å². The highest BCUT2D eigenvalue weighted by Gasteiger charge is 2.40. The second kappa shape index (κ2) is 28.8. The Labute approximate surface area is 446 Å². The van der Waals surface area contributed by atoms with Gasteiger partial charge in [-0.3, -0.25) is 38.4 Å². The van der Waals surface area contributed by atoms with Gasteiger partial charge in [-0.05, 0) is 94.8 Å². The summed E-state index contributed by atoms with van der Waals surface area (Å²) in [5.74, 6) is -7.41. The summed E-state index contributed by atoms with van der Waals surface area (Å²) in [6.07, 6.45) is -0.810. The summed E-state index contributed by atoms with van der Waals surface area (Å²) in [4.78, 5) is 113. The van der Waals surface area contributed by atoms with Gasteiger partial charge in [0.05, 0.1) is 18.2 Å². The van der Waals surface area contributed by atoms with Crippen LogP contribution in [0.4, 0.5) is 0 Å². The topological polar surface area (TPSA) is 375 Å². The van der Waals surface area contributed by atoms with Gasteiger partial charge < -0.3 is 74.7 Å². The lowest BCUT2D eigenvalue weighted by atomic mass is 9.99. The van der Waals surface area contributed by atoms with Gasteiger partial charge >= 0.3 is 0 Å². The minimum absolute atomic E-state index is 0.0371. The van der Waals surface area contributed by atoms with E-state index in [9.17, 15) is 53.7 Å². The number of nitrogens with one attached hydrogen (secondary N) is 8. The third kappa shape index (κ3) is 18.6. The first-order valence-corrected chi connectivity index (χ1v) is 25.5. The van der Waals surface area contributed by atoms with E-state index in [1.54, 1.807) is 48.7 Å². The number of rotatable bonds is 29. The Kier molecular flexibility index (Phi) is 23.4. The normalized spacial score (nSPS) is 15.5. The fourth-order valence-corrected chi connectivity index (χ4v) is 8.38. The van der Waals surface area contributed by atoms with Crippen LogP contribution >= 0.6 is 25.3 Å². The van der Waals surface area contributed by atoms with Crippen molar-refractivity contribution in [3.05, 3.63) is 102 Å². The molecule has 1 aromatic heterocycles. The number of phenols is 1. The highest BCUT2D eigenvalue weighted by atomic mass is 32.1. The summed E-state index contributed by atoms with van der Waals surface area (Å²) in [6.45, 7) is 5.60. The number of aromatic hydroxyl groups is 1. The minimum atomic E-state index is -1.74. The van der Waals surface area contributed by atoms with Crippen molar-refractivity contribution < 1.29 is 53.7 Å². The van der Waals surface area contributed by atoms with Crippen LogP contribution in [0.2, 0.25) is 0 Å². The van der Waals surface area contributed by atoms with Crippen LogP contribution in [0.15, 0.2) is 85.1 Å². The summed E-state index contributed by atoms with van der Waals surface area (Å²) in [5, 5.41) is 49.6. The van der Waals surface area contributed by atoms with Gasteiger partial charge in [-0.25, -0.2) is 0 Å². The third-order valence-electron chi connectivity index (χ3n) is 12.2. The number of thiol groups is 2. The van der Waals surface area contributed by atoms with E-state index in [1.165, 1.54) is 52.0 Å². The summed E-state index contributed by atoms with van der Waals surface area (Å²) >= 11 is 8.75. The maximum Gasteiger partial charge on any atom is 0.245 e. The van der Waals surface area contributed by atoms with Crippen LogP contribution in [0, 0.1) is 0 Å². The first-order chi connectivity index (χ1) is 35.4. The smallest absolute Gasteiger partial charge is 0.245 e. The molecule has 408 valence electrons. The number of hydrogen-bond acceptors (Lipinski definition) is 15. The highest BCUT2D eigenvalue weighted by Crippen LogP contribution is 2.21. The van der Waals surface area contributed by atoms with Gasteiger partial charge in [-0.2, -0.15) is 25.3 Å². The van der Waals surface area contributed by atoms with Crippen molar-refractivity contribution >= 4 is 83.4 Å². The predicted octanol–water partition coefficient (Wildman–Crippen LogP) is -1.36. The molecule has 0 fully saturated rings. The van der Waals surface area contributed by atoms with E-state index in [0.717, 1.165) is 11.1 Å². The molecule has 4 aromatic rings. The molecular weight excluding hydrogens is 1010 g/mol. The van der Waals surface area contributed by atoms with Crippen molar-refractivity contribution in [3.63, 3.8) is 0 Å². The number of H-pyrrole nitrogens is 1. The van der Waals surface area contributed by atoms with Crippen molar-refractivity contribution in [1.29, 1.82) is 0 Å². The fraction of sp³-hybridized carbons (Fsp3) is 0.451. The molecule has 0 radical (unpaired) electrons. The number of para-hydroxylation sites is 1. The number of amides is 8. The third-order valence-corrected chi connectivity index (χ3v) is 12.8. The summed E-state index contributed by atoms with van der Waals surface area (Å²) in [5.41, 5.74) is 20.0.